The molecule has 6 aromatic heterocycles. The van der Waals surface area contributed by atoms with Crippen LogP contribution in [0, 0.1) is 6.92 Å². The fraction of sp³-hybridized carbons (Fsp3) is 0.227. The molecule has 2 fully saturated rings. The number of carbonyl (C=O) groups excluding carboxylic acids is 6. The van der Waals surface area contributed by atoms with Crippen molar-refractivity contribution in [3.63, 3.8) is 0 Å². The Hall–Kier alpha value is -7.36. The SMILES string of the molecule is CC(=O)N1CCN(C(=O)C(=O)c2c[nH]c3c(Br)ncc(Cl)c23)CC1.Cc1cnc(N)cn1.Nc1cnc(-c2ncc(Cl)c3c(C(=O)C(=O)N4CCN(C(=O)c5ccccc5)CC4)c[nH]c23)cn1. The van der Waals surface area contributed by atoms with Crippen LogP contribution in [0.2, 0.25) is 10.0 Å². The van der Waals surface area contributed by atoms with Gasteiger partial charge in [0.15, 0.2) is 0 Å². The molecule has 0 radical (unpaired) electrons. The molecule has 4 amide bonds. The first-order chi connectivity index (χ1) is 32.1. The fourth-order valence-corrected chi connectivity index (χ4v) is 8.12. The van der Waals surface area contributed by atoms with E-state index < -0.39 is 23.4 Å². The Morgan fingerprint density at radius 3 is 1.60 bits per heavy atom. The lowest BCUT2D eigenvalue weighted by molar-refractivity contribution is -0.135. The van der Waals surface area contributed by atoms with Crippen molar-refractivity contribution in [3.8, 4) is 11.4 Å². The van der Waals surface area contributed by atoms with Crippen molar-refractivity contribution in [2.75, 3.05) is 63.8 Å². The highest BCUT2D eigenvalue weighted by atomic mass is 79.9. The van der Waals surface area contributed by atoms with Crippen LogP contribution in [-0.2, 0) is 14.4 Å². The number of nitrogens with one attached hydrogen (secondary N) is 2. The predicted molar refractivity (Wildman–Crippen MR) is 253 cm³/mol. The molecule has 23 heteroatoms. The minimum atomic E-state index is -0.693. The quantitative estimate of drug-likeness (QED) is 0.100. The highest BCUT2D eigenvalue weighted by Gasteiger charge is 2.32. The number of aryl methyl sites for hydroxylation is 1. The van der Waals surface area contributed by atoms with Gasteiger partial charge in [0.2, 0.25) is 5.91 Å². The topological polar surface area (TPSA) is 276 Å². The first-order valence-corrected chi connectivity index (χ1v) is 22.0. The number of aromatic amines is 2. The lowest BCUT2D eigenvalue weighted by atomic mass is 10.1. The van der Waals surface area contributed by atoms with Crippen LogP contribution in [0.1, 0.15) is 43.7 Å². The number of H-pyrrole nitrogens is 2. The largest absolute Gasteiger partial charge is 0.382 e. The van der Waals surface area contributed by atoms with Crippen molar-refractivity contribution in [1.29, 1.82) is 0 Å². The van der Waals surface area contributed by atoms with E-state index in [2.05, 4.69) is 55.8 Å². The summed E-state index contributed by atoms with van der Waals surface area (Å²) in [7, 11) is 0. The van der Waals surface area contributed by atoms with Crippen molar-refractivity contribution in [2.24, 2.45) is 0 Å². The monoisotopic (exact) mass is 1010 g/mol. The molecule has 1 aromatic carbocycles. The van der Waals surface area contributed by atoms with E-state index in [0.717, 1.165) is 5.69 Å². The maximum atomic E-state index is 13.2. The average molecular weight is 1010 g/mol. The number of ketones is 2. The number of nitrogens with zero attached hydrogens (tertiary/aromatic N) is 10. The molecule has 2 saturated heterocycles. The number of fused-ring (bicyclic) bond motifs is 2. The van der Waals surface area contributed by atoms with Crippen molar-refractivity contribution in [1.82, 2.24) is 59.5 Å². The van der Waals surface area contributed by atoms with Gasteiger partial charge in [-0.05, 0) is 35.0 Å². The van der Waals surface area contributed by atoms with Crippen LogP contribution < -0.4 is 11.5 Å². The third-order valence-electron chi connectivity index (χ3n) is 10.8. The molecule has 8 heterocycles. The van der Waals surface area contributed by atoms with Gasteiger partial charge >= 0.3 is 0 Å². The van der Waals surface area contributed by atoms with Gasteiger partial charge in [-0.15, -0.1) is 0 Å². The molecular formula is C44H41BrCl2N14O6. The van der Waals surface area contributed by atoms with Crippen molar-refractivity contribution in [3.05, 3.63) is 117 Å². The molecular weight excluding hydrogens is 971 g/mol. The summed E-state index contributed by atoms with van der Waals surface area (Å²) in [4.78, 5) is 112. The Morgan fingerprint density at radius 2 is 1.09 bits per heavy atom. The molecule has 0 spiro atoms. The van der Waals surface area contributed by atoms with Gasteiger partial charge in [0.1, 0.15) is 27.6 Å². The number of nitrogen functional groups attached to an aromatic ring is 2. The summed E-state index contributed by atoms with van der Waals surface area (Å²) in [6.07, 6.45) is 11.8. The number of hydrogen-bond donors (Lipinski definition) is 4. The minimum Gasteiger partial charge on any atom is -0.382 e. The molecule has 9 rings (SSSR count). The molecule has 2 aliphatic rings. The number of hydrogen-bond acceptors (Lipinski definition) is 14. The second-order valence-electron chi connectivity index (χ2n) is 15.1. The van der Waals surface area contributed by atoms with Crippen LogP contribution >= 0.6 is 39.1 Å². The number of aromatic nitrogens is 8. The Kier molecular flexibility index (Phi) is 14.8. The Labute approximate surface area is 400 Å². The van der Waals surface area contributed by atoms with Gasteiger partial charge in [-0.3, -0.25) is 38.7 Å². The first-order valence-electron chi connectivity index (χ1n) is 20.5. The van der Waals surface area contributed by atoms with Gasteiger partial charge in [-0.2, -0.15) is 0 Å². The molecule has 0 atom stereocenters. The molecule has 0 saturated carbocycles. The van der Waals surface area contributed by atoms with Crippen molar-refractivity contribution in [2.45, 2.75) is 13.8 Å². The number of halogens is 3. The van der Waals surface area contributed by atoms with Gasteiger partial charge in [0.25, 0.3) is 29.3 Å². The summed E-state index contributed by atoms with van der Waals surface area (Å²) in [5.41, 5.74) is 14.6. The number of amides is 4. The third-order valence-corrected chi connectivity index (χ3v) is 11.9. The minimum absolute atomic E-state index is 0.0332. The first kappa shape index (κ1) is 47.6. The van der Waals surface area contributed by atoms with Crippen LogP contribution in [0.4, 0.5) is 11.6 Å². The standard InChI is InChI=1S/C24H20ClN7O3.C15H14BrClN4O3.C5H7N3/c25-16-11-30-20(17-12-28-18(26)13-27-17)21-19(16)15(10-29-21)22(33)24(35)32-8-6-31(7-9-32)23(34)14-4-2-1-3-5-14;1-8(22)20-2-4-21(5-3-20)15(24)13(23)9-6-18-12-11(9)10(17)7-19-14(12)16;1-4-2-8-5(6)3-7-4/h1-5,10-13,29H,6-9H2,(H2,26,28);6-7,18H,2-5H2,1H3;2-3H,1H3,(H2,6,8). The van der Waals surface area contributed by atoms with E-state index in [1.165, 1.54) is 60.1 Å². The lowest BCUT2D eigenvalue weighted by Crippen LogP contribution is -2.52. The molecule has 20 nitrogen and oxygen atoms in total. The third kappa shape index (κ3) is 10.7. The van der Waals surface area contributed by atoms with E-state index >= 15 is 0 Å². The molecule has 2 aliphatic heterocycles. The van der Waals surface area contributed by atoms with E-state index in [-0.39, 0.29) is 46.9 Å². The number of carbonyl (C=O) groups is 6. The van der Waals surface area contributed by atoms with Gasteiger partial charge in [0.05, 0.1) is 62.7 Å². The second-order valence-corrected chi connectivity index (χ2v) is 16.6. The maximum Gasteiger partial charge on any atom is 0.295 e. The Morgan fingerprint density at radius 1 is 0.597 bits per heavy atom. The van der Waals surface area contributed by atoms with Gasteiger partial charge in [0, 0.05) is 100 Å². The molecule has 67 heavy (non-hydrogen) atoms. The summed E-state index contributed by atoms with van der Waals surface area (Å²) < 4.78 is 0.517. The summed E-state index contributed by atoms with van der Waals surface area (Å²) >= 11 is 15.8. The number of piperazine rings is 2. The highest BCUT2D eigenvalue weighted by molar-refractivity contribution is 9.10. The maximum absolute atomic E-state index is 13.2. The normalized spacial score (nSPS) is 13.6. The number of anilines is 2. The Bertz CT molecular complexity index is 2970. The molecule has 7 aromatic rings. The summed E-state index contributed by atoms with van der Waals surface area (Å²) in [6, 6.07) is 8.96. The summed E-state index contributed by atoms with van der Waals surface area (Å²) in [5, 5.41) is 1.38. The zero-order valence-electron chi connectivity index (χ0n) is 35.9. The zero-order chi connectivity index (χ0) is 47.9. The van der Waals surface area contributed by atoms with Crippen LogP contribution in [-0.4, -0.2) is 147 Å². The summed E-state index contributed by atoms with van der Waals surface area (Å²) in [6.45, 7) is 6.08. The van der Waals surface area contributed by atoms with E-state index in [9.17, 15) is 28.8 Å². The molecule has 344 valence electrons. The van der Waals surface area contributed by atoms with Crippen LogP contribution in [0.5, 0.6) is 0 Å². The smallest absolute Gasteiger partial charge is 0.295 e. The van der Waals surface area contributed by atoms with Crippen LogP contribution in [0.25, 0.3) is 33.2 Å². The van der Waals surface area contributed by atoms with E-state index in [0.29, 0.717) is 93.5 Å². The number of nitrogens with two attached hydrogens (primary N) is 2. The van der Waals surface area contributed by atoms with E-state index in [4.69, 9.17) is 34.7 Å². The van der Waals surface area contributed by atoms with Crippen molar-refractivity contribution < 1.29 is 28.8 Å². The highest BCUT2D eigenvalue weighted by Crippen LogP contribution is 2.33. The van der Waals surface area contributed by atoms with Gasteiger partial charge in [-0.1, -0.05) is 41.4 Å². The van der Waals surface area contributed by atoms with Crippen LogP contribution in [0.15, 0.2) is 84.5 Å². The molecule has 6 N–H and O–H groups in total. The fourth-order valence-electron chi connectivity index (χ4n) is 7.22. The second kappa shape index (κ2) is 20.9. The summed E-state index contributed by atoms with van der Waals surface area (Å²) in [5.74, 6) is -1.97. The molecule has 0 aliphatic carbocycles. The van der Waals surface area contributed by atoms with Gasteiger partial charge < -0.3 is 41.0 Å². The Balaban J connectivity index is 0.000000179. The molecule has 0 bridgehead atoms. The van der Waals surface area contributed by atoms with Gasteiger partial charge in [-0.25, -0.2) is 19.9 Å². The molecule has 0 unspecified atom stereocenters. The number of pyridine rings is 2. The lowest BCUT2D eigenvalue weighted by Gasteiger charge is -2.34. The number of rotatable bonds is 6. The number of Topliss-reactive ketones (excluding diaryl/α,β-unsaturated/α-hetero) is 2. The van der Waals surface area contributed by atoms with Crippen LogP contribution in [0.3, 0.4) is 0 Å². The number of benzene rings is 1. The zero-order valence-corrected chi connectivity index (χ0v) is 39.0. The van der Waals surface area contributed by atoms with E-state index in [1.807, 2.05) is 13.0 Å². The van der Waals surface area contributed by atoms with Crippen molar-refractivity contribution >= 4 is 108 Å². The average Bonchev–Trinajstić information content (AvgIpc) is 4.01. The van der Waals surface area contributed by atoms with E-state index in [1.54, 1.807) is 40.3 Å². The predicted octanol–water partition coefficient (Wildman–Crippen LogP) is 4.64.